The van der Waals surface area contributed by atoms with Gasteiger partial charge in [0.25, 0.3) is 71.9 Å². The molecular weight excluding hydrogens is 1490 g/mol. The summed E-state index contributed by atoms with van der Waals surface area (Å²) in [7, 11) is -31.9. The summed E-state index contributed by atoms with van der Waals surface area (Å²) in [6.07, 6.45) is 4.82. The average molecular weight is 1530 g/mol. The van der Waals surface area contributed by atoms with Crippen LogP contribution in [0.1, 0.15) is 20.7 Å². The maximum Gasteiger partial charge on any atom is 0.407 e. The summed E-state index contributed by atoms with van der Waals surface area (Å²) in [5.74, 6) is -4.72. The highest BCUT2D eigenvalue weighted by molar-refractivity contribution is 7.87. The third kappa shape index (κ3) is 16.2. The number of aromatic hydroxyl groups is 1. The maximum atomic E-state index is 13.1. The highest BCUT2D eigenvalue weighted by Gasteiger charge is 2.30. The number of hydrogen-bond acceptors (Lipinski definition) is 26. The van der Waals surface area contributed by atoms with Crippen molar-refractivity contribution in [2.75, 3.05) is 5.73 Å². The van der Waals surface area contributed by atoms with Gasteiger partial charge in [-0.2, -0.15) is 60.5 Å². The molecule has 0 radical (unpaired) electrons. The number of halogens is 2. The van der Waals surface area contributed by atoms with E-state index in [4.69, 9.17) is 28.9 Å². The van der Waals surface area contributed by atoms with Crippen molar-refractivity contribution in [3.05, 3.63) is 178 Å². The van der Waals surface area contributed by atoms with Crippen molar-refractivity contribution in [2.45, 2.75) is 29.4 Å². The number of pyridine rings is 2. The van der Waals surface area contributed by atoms with E-state index >= 15 is 0 Å². The predicted molar refractivity (Wildman–Crippen MR) is 337 cm³/mol. The summed E-state index contributed by atoms with van der Waals surface area (Å²) in [4.78, 5) is 53.7. The molecule has 10 aromatic rings. The minimum absolute atomic E-state index is 0.181. The van der Waals surface area contributed by atoms with Crippen LogP contribution >= 0.6 is 23.2 Å². The number of nitrogens with one attached hydrogen (secondary N) is 4. The standard InChI is InChI=1S/C52H35Cl2N17O23S6/c53-30-9-5-28(19-36(30)97(83,84)85)58-49-60-47(62-51(64-49)70-13-1-3-23(21-70)45(73)74)56-26-7-11-34(95(77,78)79)32(17-26)66-68-42-38(99(89,90)91)15-25-16-39(100(92,93)94)43(44(72)40(25)41(42)55)69-67-33-18-27(8-12-35(33)96(80,81)82)57-48-61-50(59-29-6-10-31(54)37(20-29)98(86,87)88)65-52(63-48)71-14-2-4-24(22-71)46(75)76/h1-22H,(H13-2,55,56,57,58,59,60,61,62,63,64,65,66,67,72,73,74,75,76,77,78,79,80,81,82,83,84,85,86,87,88,89,90,91,92,93,94)/p+2. The number of aromatic amines is 4. The van der Waals surface area contributed by atoms with E-state index in [0.717, 1.165) is 70.1 Å². The molecule has 0 aliphatic heterocycles. The van der Waals surface area contributed by atoms with Gasteiger partial charge in [0, 0.05) is 0 Å². The number of anilines is 1. The number of nitrogen functional groups attached to an aromatic ring is 1. The fourth-order valence-corrected chi connectivity index (χ4v) is 13.3. The number of nitrogens with two attached hydrogens (primary N) is 1. The molecule has 516 valence electrons. The van der Waals surface area contributed by atoms with Crippen molar-refractivity contribution in [3.8, 4) is 17.6 Å². The predicted octanol–water partition coefficient (Wildman–Crippen LogP) is 4.73. The molecule has 15 N–H and O–H groups in total. The lowest BCUT2D eigenvalue weighted by molar-refractivity contribution is -0.604. The van der Waals surface area contributed by atoms with Gasteiger partial charge in [-0.1, -0.05) is 23.2 Å². The minimum atomic E-state index is -5.68. The van der Waals surface area contributed by atoms with E-state index in [1.807, 2.05) is 0 Å². The van der Waals surface area contributed by atoms with Gasteiger partial charge >= 0.3 is 35.1 Å². The molecule has 0 unspecified atom stereocenters. The molecule has 0 atom stereocenters. The molecule has 10 rings (SSSR count). The molecule has 100 heavy (non-hydrogen) atoms. The average Bonchev–Trinajstić information content (AvgIpc) is 0.735. The first-order chi connectivity index (χ1) is 46.6. The van der Waals surface area contributed by atoms with E-state index in [1.165, 1.54) is 48.8 Å². The summed E-state index contributed by atoms with van der Waals surface area (Å²) in [5, 5.41) is 43.8. The van der Waals surface area contributed by atoms with Crippen LogP contribution < -0.4 is 37.3 Å². The van der Waals surface area contributed by atoms with Gasteiger partial charge in [-0.3, -0.25) is 37.3 Å². The molecule has 0 saturated carbocycles. The summed E-state index contributed by atoms with van der Waals surface area (Å²) in [5.41, 5.74) is -2.29. The van der Waals surface area contributed by atoms with Crippen LogP contribution in [0, 0.1) is 0 Å². The lowest BCUT2D eigenvalue weighted by Crippen LogP contribution is -2.40. The number of aromatic carboxylic acids is 2. The van der Waals surface area contributed by atoms with E-state index in [0.29, 0.717) is 24.3 Å². The molecule has 0 aliphatic rings. The largest absolute Gasteiger partial charge is 0.505 e. The number of hydrogen-bond donors (Lipinski definition) is 14. The van der Waals surface area contributed by atoms with Crippen LogP contribution in [0.15, 0.2) is 204 Å². The van der Waals surface area contributed by atoms with Gasteiger partial charge in [-0.25, -0.2) is 38.7 Å². The summed E-state index contributed by atoms with van der Waals surface area (Å²) in [6, 6.07) is 17.1. The molecule has 0 aliphatic carbocycles. The second-order valence-corrected chi connectivity index (χ2v) is 29.0. The van der Waals surface area contributed by atoms with E-state index in [1.54, 1.807) is 0 Å². The van der Waals surface area contributed by atoms with E-state index < -0.39 is 168 Å². The zero-order chi connectivity index (χ0) is 72.9. The number of phenols is 1. The Labute approximate surface area is 566 Å². The first-order valence-electron chi connectivity index (χ1n) is 26.4. The van der Waals surface area contributed by atoms with Crippen molar-refractivity contribution in [2.24, 2.45) is 40.4 Å². The van der Waals surface area contributed by atoms with Gasteiger partial charge in [-0.05, 0) is 125 Å². The highest BCUT2D eigenvalue weighted by Crippen LogP contribution is 2.49. The molecular formula is C52H37Cl2N17O23S6+2. The smallest absolute Gasteiger partial charge is 0.407 e. The highest BCUT2D eigenvalue weighted by atomic mass is 35.5. The number of H-pyrrole nitrogens is 4. The number of carboxylic acid groups (broad SMARTS) is 2. The third-order valence-electron chi connectivity index (χ3n) is 13.1. The van der Waals surface area contributed by atoms with Gasteiger partial charge in [0.2, 0.25) is 0 Å². The van der Waals surface area contributed by atoms with Crippen molar-refractivity contribution < 1.29 is 112 Å². The number of phenolic OH excluding ortho intramolecular Hbond substituents is 1. The maximum absolute atomic E-state index is 13.1. The lowest BCUT2D eigenvalue weighted by atomic mass is 10.1. The van der Waals surface area contributed by atoms with Crippen LogP contribution in [0.25, 0.3) is 22.7 Å². The fourth-order valence-electron chi connectivity index (χ4n) is 8.80. The number of nitrogens with zero attached hydrogens (tertiary/aromatic N) is 12. The Bertz CT molecular complexity index is 5950. The molecule has 0 spiro atoms. The summed E-state index contributed by atoms with van der Waals surface area (Å²) < 4.78 is 215. The third-order valence-corrected chi connectivity index (χ3v) is 19.3. The van der Waals surface area contributed by atoms with E-state index in [-0.39, 0.29) is 57.0 Å². The van der Waals surface area contributed by atoms with Gasteiger partial charge in [0.05, 0.1) is 79.8 Å². The molecule has 6 aromatic carbocycles. The summed E-state index contributed by atoms with van der Waals surface area (Å²) in [6.45, 7) is 0. The molecule has 0 bridgehead atoms. The van der Waals surface area contributed by atoms with Crippen LogP contribution in [0.4, 0.5) is 51.2 Å². The molecule has 0 amide bonds. The van der Waals surface area contributed by atoms with E-state index in [2.05, 4.69) is 70.3 Å². The zero-order valence-electron chi connectivity index (χ0n) is 48.6. The van der Waals surface area contributed by atoms with Gasteiger partial charge < -0.3 is 21.1 Å². The van der Waals surface area contributed by atoms with E-state index in [9.17, 15) is 103 Å². The topological polar surface area (TPSA) is 643 Å². The molecule has 4 aromatic heterocycles. The zero-order valence-corrected chi connectivity index (χ0v) is 55.0. The molecule has 0 fully saturated rings. The summed E-state index contributed by atoms with van der Waals surface area (Å²) >= 11 is 12.0. The molecule has 48 heteroatoms. The Morgan fingerprint density at radius 1 is 0.440 bits per heavy atom. The quantitative estimate of drug-likeness (QED) is 0.0239. The normalized spacial score (nSPS) is 13.5. The Kier molecular flexibility index (Phi) is 19.3. The number of carboxylic acids is 2. The number of carbonyl (C=O) groups is 2. The van der Waals surface area contributed by atoms with Crippen molar-refractivity contribution >= 4 is 158 Å². The van der Waals surface area contributed by atoms with Crippen molar-refractivity contribution in [3.63, 3.8) is 0 Å². The Morgan fingerprint density at radius 2 is 0.800 bits per heavy atom. The molecule has 4 heterocycles. The SMILES string of the molecule is Nc1c(N=Nc2cc(N=c3nc(-[n+]4cccc(C(=O)O)c4)[nH]c(=Nc4ccc(Cl)c(S(=O)(=O)O)c4)[nH]3)ccc2S(=O)(=O)O)c(S(=O)(=O)O)cc2cc(S(=O)(=O)O)c(N=Nc3cc(N=c4nc(-[n+]5cccc(C(=O)O)c5)[nH]c(=Nc5ccc(Cl)c(S(=O)(=O)O)c5)[nH]4)ccc3S(=O)(=O)O)c(O)c12. The van der Waals surface area contributed by atoms with Crippen LogP contribution in [0.5, 0.6) is 5.75 Å². The Morgan fingerprint density at radius 3 is 1.18 bits per heavy atom. The Balaban J connectivity index is 1.12. The molecule has 40 nitrogen and oxygen atoms in total. The second-order valence-electron chi connectivity index (χ2n) is 19.9. The van der Waals surface area contributed by atoms with Gasteiger partial charge in [0.15, 0.2) is 5.75 Å². The number of azo groups is 2. The van der Waals surface area contributed by atoms with Crippen molar-refractivity contribution in [1.82, 2.24) is 29.9 Å². The van der Waals surface area contributed by atoms with Gasteiger partial charge in [-0.15, -0.1) is 20.5 Å². The van der Waals surface area contributed by atoms with Crippen LogP contribution in [0.3, 0.4) is 0 Å². The number of rotatable bonds is 18. The number of aromatic nitrogens is 8. The van der Waals surface area contributed by atoms with Gasteiger partial charge in [0.1, 0.15) is 52.1 Å². The van der Waals surface area contributed by atoms with Crippen LogP contribution in [0.2, 0.25) is 10.0 Å². The van der Waals surface area contributed by atoms with Crippen molar-refractivity contribution in [1.29, 1.82) is 0 Å². The Hall–Kier alpha value is -11.1. The number of fused-ring (bicyclic) bond motifs is 1. The van der Waals surface area contributed by atoms with Crippen LogP contribution in [-0.4, -0.2) is 135 Å². The second kappa shape index (κ2) is 27.0. The lowest BCUT2D eigenvalue weighted by Gasteiger charge is -2.14. The first kappa shape index (κ1) is 71.6. The van der Waals surface area contributed by atoms with Crippen LogP contribution in [-0.2, 0) is 60.7 Å². The molecule has 0 saturated heterocycles. The first-order valence-corrected chi connectivity index (χ1v) is 35.8. The monoisotopic (exact) mass is 1530 g/mol. The fraction of sp³-hybridized carbons (Fsp3) is 0. The number of benzene rings is 6. The minimum Gasteiger partial charge on any atom is -0.505 e.